The van der Waals surface area contributed by atoms with Crippen molar-refractivity contribution in [3.63, 3.8) is 0 Å². The zero-order valence-corrected chi connectivity index (χ0v) is 11.2. The summed E-state index contributed by atoms with van der Waals surface area (Å²) in [5, 5.41) is 15.1. The van der Waals surface area contributed by atoms with Crippen LogP contribution in [0.25, 0.3) is 0 Å². The molecule has 0 radical (unpaired) electrons. The van der Waals surface area contributed by atoms with E-state index < -0.39 is 0 Å². The van der Waals surface area contributed by atoms with Crippen LogP contribution >= 0.6 is 12.2 Å². The topological polar surface area (TPSA) is 61.4 Å². The third kappa shape index (κ3) is 5.14. The number of nitrogens with one attached hydrogen (secondary N) is 2. The molecule has 1 aromatic carbocycles. The van der Waals surface area contributed by atoms with Gasteiger partial charge in [0, 0.05) is 6.42 Å². The molecule has 0 saturated carbocycles. The van der Waals surface area contributed by atoms with E-state index in [-0.39, 0.29) is 16.8 Å². The van der Waals surface area contributed by atoms with Crippen LogP contribution in [0.1, 0.15) is 32.6 Å². The zero-order valence-electron chi connectivity index (χ0n) is 10.4. The van der Waals surface area contributed by atoms with E-state index in [0.717, 1.165) is 19.3 Å². The molecular weight excluding hydrogens is 248 g/mol. The van der Waals surface area contributed by atoms with Gasteiger partial charge in [0.15, 0.2) is 5.11 Å². The third-order valence-corrected chi connectivity index (χ3v) is 2.62. The van der Waals surface area contributed by atoms with Gasteiger partial charge < -0.3 is 15.7 Å². The quantitative estimate of drug-likeness (QED) is 0.436. The van der Waals surface area contributed by atoms with Gasteiger partial charge in [-0.2, -0.15) is 0 Å². The highest BCUT2D eigenvalue weighted by Gasteiger charge is 2.06. The van der Waals surface area contributed by atoms with Gasteiger partial charge in [0.25, 0.3) is 0 Å². The highest BCUT2D eigenvalue weighted by Crippen LogP contribution is 2.21. The highest BCUT2D eigenvalue weighted by atomic mass is 32.1. The predicted octanol–water partition coefficient (Wildman–Crippen LogP) is 2.79. The fourth-order valence-corrected chi connectivity index (χ4v) is 1.68. The monoisotopic (exact) mass is 266 g/mol. The van der Waals surface area contributed by atoms with Gasteiger partial charge in [0.05, 0.1) is 5.69 Å². The van der Waals surface area contributed by atoms with E-state index in [1.807, 2.05) is 0 Å². The van der Waals surface area contributed by atoms with Crippen molar-refractivity contribution in [2.45, 2.75) is 32.6 Å². The van der Waals surface area contributed by atoms with Crippen molar-refractivity contribution in [1.29, 1.82) is 0 Å². The number of rotatable bonds is 5. The van der Waals surface area contributed by atoms with Crippen LogP contribution in [0.4, 0.5) is 5.69 Å². The number of unbranched alkanes of at least 4 members (excludes halogenated alkanes) is 2. The number of phenols is 1. The highest BCUT2D eigenvalue weighted by molar-refractivity contribution is 7.80. The summed E-state index contributed by atoms with van der Waals surface area (Å²) in [6.45, 7) is 2.09. The van der Waals surface area contributed by atoms with E-state index in [1.165, 1.54) is 0 Å². The third-order valence-electron chi connectivity index (χ3n) is 2.41. The van der Waals surface area contributed by atoms with Crippen LogP contribution in [0, 0.1) is 0 Å². The van der Waals surface area contributed by atoms with Crippen molar-refractivity contribution in [3.8, 4) is 5.75 Å². The molecule has 1 aromatic rings. The zero-order chi connectivity index (χ0) is 13.4. The summed E-state index contributed by atoms with van der Waals surface area (Å²) in [4.78, 5) is 11.5. The first-order valence-corrected chi connectivity index (χ1v) is 6.43. The fourth-order valence-electron chi connectivity index (χ4n) is 1.46. The first-order valence-electron chi connectivity index (χ1n) is 6.02. The molecule has 0 aliphatic carbocycles. The Labute approximate surface area is 112 Å². The normalized spacial score (nSPS) is 9.83. The first-order chi connectivity index (χ1) is 8.63. The first kappa shape index (κ1) is 14.4. The van der Waals surface area contributed by atoms with Gasteiger partial charge in [0.1, 0.15) is 5.75 Å². The molecule has 1 rings (SSSR count). The maximum Gasteiger partial charge on any atom is 0.226 e. The van der Waals surface area contributed by atoms with Crippen LogP contribution in [0.3, 0.4) is 0 Å². The number of anilines is 1. The Balaban J connectivity index is 2.38. The van der Waals surface area contributed by atoms with Gasteiger partial charge in [-0.05, 0) is 30.8 Å². The Bertz CT molecular complexity index is 421. The maximum atomic E-state index is 11.5. The number of thiocarbonyl (C=S) groups is 1. The van der Waals surface area contributed by atoms with E-state index in [1.54, 1.807) is 24.3 Å². The summed E-state index contributed by atoms with van der Waals surface area (Å²) in [6.07, 6.45) is 3.44. The standard InChI is InChI=1S/C13H18N2O2S/c1-2-3-4-9-12(17)15-13(18)14-10-7-5-6-8-11(10)16/h5-8,16H,2-4,9H2,1H3,(H2,14,15,17,18). The lowest BCUT2D eigenvalue weighted by Crippen LogP contribution is -2.33. The molecule has 0 bridgehead atoms. The lowest BCUT2D eigenvalue weighted by molar-refractivity contribution is -0.119. The van der Waals surface area contributed by atoms with Crippen LogP contribution in [0.2, 0.25) is 0 Å². The van der Waals surface area contributed by atoms with Crippen LogP contribution in [-0.2, 0) is 4.79 Å². The molecule has 0 aliphatic heterocycles. The number of amides is 1. The number of hydrogen-bond donors (Lipinski definition) is 3. The smallest absolute Gasteiger partial charge is 0.226 e. The van der Waals surface area contributed by atoms with Gasteiger partial charge in [-0.3, -0.25) is 4.79 Å². The fraction of sp³-hybridized carbons (Fsp3) is 0.385. The molecule has 0 aliphatic rings. The van der Waals surface area contributed by atoms with Crippen molar-refractivity contribution in [1.82, 2.24) is 5.32 Å². The van der Waals surface area contributed by atoms with E-state index in [0.29, 0.717) is 12.1 Å². The van der Waals surface area contributed by atoms with Crippen LogP contribution in [0.15, 0.2) is 24.3 Å². The van der Waals surface area contributed by atoms with E-state index in [4.69, 9.17) is 12.2 Å². The Hall–Kier alpha value is -1.62. The lowest BCUT2D eigenvalue weighted by Gasteiger charge is -2.10. The predicted molar refractivity (Wildman–Crippen MR) is 76.6 cm³/mol. The number of carbonyl (C=O) groups is 1. The Kier molecular flexibility index (Phi) is 6.14. The average molecular weight is 266 g/mol. The molecule has 5 heteroatoms. The summed E-state index contributed by atoms with van der Waals surface area (Å²) in [5.74, 6) is -0.00328. The summed E-state index contributed by atoms with van der Waals surface area (Å²) in [6, 6.07) is 6.72. The van der Waals surface area contributed by atoms with Crippen molar-refractivity contribution >= 4 is 28.9 Å². The molecule has 0 fully saturated rings. The van der Waals surface area contributed by atoms with Crippen molar-refractivity contribution in [2.75, 3.05) is 5.32 Å². The van der Waals surface area contributed by atoms with Crippen molar-refractivity contribution in [3.05, 3.63) is 24.3 Å². The minimum Gasteiger partial charge on any atom is -0.506 e. The molecule has 0 atom stereocenters. The Morgan fingerprint density at radius 3 is 2.72 bits per heavy atom. The molecular formula is C13H18N2O2S. The summed E-state index contributed by atoms with van der Waals surface area (Å²) in [5.41, 5.74) is 0.483. The van der Waals surface area contributed by atoms with E-state index in [9.17, 15) is 9.90 Å². The van der Waals surface area contributed by atoms with Crippen LogP contribution in [0.5, 0.6) is 5.75 Å². The van der Waals surface area contributed by atoms with E-state index >= 15 is 0 Å². The Morgan fingerprint density at radius 2 is 2.06 bits per heavy atom. The minimum atomic E-state index is -0.101. The second-order valence-electron chi connectivity index (χ2n) is 3.98. The SMILES string of the molecule is CCCCCC(=O)NC(=S)Nc1ccccc1O. The number of phenolic OH excluding ortho intramolecular Hbond substituents is 1. The molecule has 0 spiro atoms. The second kappa shape index (κ2) is 7.66. The molecule has 3 N–H and O–H groups in total. The van der Waals surface area contributed by atoms with Gasteiger partial charge in [-0.25, -0.2) is 0 Å². The van der Waals surface area contributed by atoms with Crippen LogP contribution < -0.4 is 10.6 Å². The Morgan fingerprint density at radius 1 is 1.33 bits per heavy atom. The average Bonchev–Trinajstić information content (AvgIpc) is 2.32. The molecule has 18 heavy (non-hydrogen) atoms. The molecule has 98 valence electrons. The van der Waals surface area contributed by atoms with Crippen molar-refractivity contribution in [2.24, 2.45) is 0 Å². The number of para-hydroxylation sites is 2. The molecule has 1 amide bonds. The number of benzene rings is 1. The van der Waals surface area contributed by atoms with Gasteiger partial charge >= 0.3 is 0 Å². The van der Waals surface area contributed by atoms with E-state index in [2.05, 4.69) is 17.6 Å². The van der Waals surface area contributed by atoms with Crippen LogP contribution in [-0.4, -0.2) is 16.1 Å². The van der Waals surface area contributed by atoms with Gasteiger partial charge in [0.2, 0.25) is 5.91 Å². The summed E-state index contributed by atoms with van der Waals surface area (Å²) in [7, 11) is 0. The molecule has 0 unspecified atom stereocenters. The second-order valence-corrected chi connectivity index (χ2v) is 4.38. The minimum absolute atomic E-state index is 0.0973. The number of carbonyl (C=O) groups excluding carboxylic acids is 1. The number of hydrogen-bond acceptors (Lipinski definition) is 3. The van der Waals surface area contributed by atoms with Gasteiger partial charge in [-0.15, -0.1) is 0 Å². The molecule has 4 nitrogen and oxygen atoms in total. The number of aromatic hydroxyl groups is 1. The maximum absolute atomic E-state index is 11.5. The molecule has 0 saturated heterocycles. The summed E-state index contributed by atoms with van der Waals surface area (Å²) < 4.78 is 0. The van der Waals surface area contributed by atoms with Gasteiger partial charge in [-0.1, -0.05) is 31.9 Å². The largest absolute Gasteiger partial charge is 0.506 e. The molecule has 0 aromatic heterocycles. The van der Waals surface area contributed by atoms with Crippen molar-refractivity contribution < 1.29 is 9.90 Å². The summed E-state index contributed by atoms with van der Waals surface area (Å²) >= 11 is 5.00. The lowest BCUT2D eigenvalue weighted by atomic mass is 10.2. The molecule has 0 heterocycles.